The predicted octanol–water partition coefficient (Wildman–Crippen LogP) is 3.28. The van der Waals surface area contributed by atoms with Gasteiger partial charge in [0.25, 0.3) is 0 Å². The van der Waals surface area contributed by atoms with Gasteiger partial charge in [-0.15, -0.1) is 0 Å². The highest BCUT2D eigenvalue weighted by atomic mass is 35.5. The molecular weight excluding hydrogens is 450 g/mol. The lowest BCUT2D eigenvalue weighted by molar-refractivity contribution is -0.140. The summed E-state index contributed by atoms with van der Waals surface area (Å²) in [7, 11) is -2.26. The van der Waals surface area contributed by atoms with Crippen molar-refractivity contribution in [3.05, 3.63) is 64.2 Å². The molecule has 0 saturated carbocycles. The SMILES string of the molecule is CC[C@H](C(=O)NC)N(Cc1ccccc1Cl)C(=O)CN(c1ccc(C)cc1C)S(C)(=O)=O. The molecule has 174 valence electrons. The topological polar surface area (TPSA) is 86.8 Å². The molecule has 7 nitrogen and oxygen atoms in total. The number of nitrogens with one attached hydrogen (secondary N) is 1. The van der Waals surface area contributed by atoms with Crippen molar-refractivity contribution in [3.63, 3.8) is 0 Å². The van der Waals surface area contributed by atoms with Crippen LogP contribution in [0.3, 0.4) is 0 Å². The first-order valence-corrected chi connectivity index (χ1v) is 12.5. The van der Waals surface area contributed by atoms with Crippen LogP contribution in [0.4, 0.5) is 5.69 Å². The maximum Gasteiger partial charge on any atom is 0.244 e. The molecule has 0 unspecified atom stereocenters. The van der Waals surface area contributed by atoms with Crippen molar-refractivity contribution >= 4 is 39.1 Å². The Bertz CT molecular complexity index is 1090. The van der Waals surface area contributed by atoms with E-state index in [1.54, 1.807) is 50.2 Å². The number of nitrogens with zero attached hydrogens (tertiary/aromatic N) is 2. The van der Waals surface area contributed by atoms with Gasteiger partial charge in [-0.25, -0.2) is 8.42 Å². The number of sulfonamides is 1. The van der Waals surface area contributed by atoms with Crippen molar-refractivity contribution in [3.8, 4) is 0 Å². The first kappa shape index (κ1) is 25.7. The third-order valence-corrected chi connectivity index (χ3v) is 6.73. The van der Waals surface area contributed by atoms with Gasteiger partial charge in [0.15, 0.2) is 0 Å². The lowest BCUT2D eigenvalue weighted by atomic mass is 10.1. The molecule has 32 heavy (non-hydrogen) atoms. The van der Waals surface area contributed by atoms with Crippen molar-refractivity contribution in [2.75, 3.05) is 24.2 Å². The first-order valence-electron chi connectivity index (χ1n) is 10.3. The minimum atomic E-state index is -3.76. The second-order valence-corrected chi connectivity index (χ2v) is 10.0. The third kappa shape index (κ3) is 6.23. The fraction of sp³-hybridized carbons (Fsp3) is 0.391. The Labute approximate surface area is 195 Å². The largest absolute Gasteiger partial charge is 0.357 e. The highest BCUT2D eigenvalue weighted by molar-refractivity contribution is 7.92. The van der Waals surface area contributed by atoms with E-state index in [2.05, 4.69) is 5.32 Å². The van der Waals surface area contributed by atoms with Crippen LogP contribution < -0.4 is 9.62 Å². The van der Waals surface area contributed by atoms with Gasteiger partial charge in [0.2, 0.25) is 21.8 Å². The lowest BCUT2D eigenvalue weighted by Crippen LogP contribution is -2.51. The van der Waals surface area contributed by atoms with E-state index in [0.29, 0.717) is 22.7 Å². The van der Waals surface area contributed by atoms with Gasteiger partial charge in [0, 0.05) is 18.6 Å². The summed E-state index contributed by atoms with van der Waals surface area (Å²) in [5.74, 6) is -0.823. The van der Waals surface area contributed by atoms with Crippen LogP contribution in [0.25, 0.3) is 0 Å². The van der Waals surface area contributed by atoms with Crippen LogP contribution in [0.5, 0.6) is 0 Å². The number of halogens is 1. The van der Waals surface area contributed by atoms with Crippen LogP contribution in [-0.2, 0) is 26.2 Å². The molecule has 9 heteroatoms. The zero-order chi connectivity index (χ0) is 24.1. The molecule has 0 aliphatic rings. The van der Waals surface area contributed by atoms with Crippen molar-refractivity contribution in [2.24, 2.45) is 0 Å². The van der Waals surface area contributed by atoms with E-state index >= 15 is 0 Å². The van der Waals surface area contributed by atoms with Gasteiger partial charge in [-0.3, -0.25) is 13.9 Å². The van der Waals surface area contributed by atoms with Gasteiger partial charge in [-0.2, -0.15) is 0 Å². The molecule has 2 rings (SSSR count). The lowest BCUT2D eigenvalue weighted by Gasteiger charge is -2.33. The average molecular weight is 480 g/mol. The van der Waals surface area contributed by atoms with Gasteiger partial charge in [0.1, 0.15) is 12.6 Å². The van der Waals surface area contributed by atoms with Crippen molar-refractivity contribution in [1.29, 1.82) is 0 Å². The smallest absolute Gasteiger partial charge is 0.244 e. The predicted molar refractivity (Wildman–Crippen MR) is 128 cm³/mol. The van der Waals surface area contributed by atoms with E-state index in [0.717, 1.165) is 21.7 Å². The number of hydrogen-bond acceptors (Lipinski definition) is 4. The fourth-order valence-electron chi connectivity index (χ4n) is 3.58. The number of rotatable bonds is 9. The fourth-order valence-corrected chi connectivity index (χ4v) is 4.68. The number of carbonyl (C=O) groups is 2. The molecule has 0 aliphatic heterocycles. The van der Waals surface area contributed by atoms with E-state index in [1.165, 1.54) is 11.9 Å². The van der Waals surface area contributed by atoms with E-state index in [4.69, 9.17) is 11.6 Å². The highest BCUT2D eigenvalue weighted by Gasteiger charge is 2.32. The summed E-state index contributed by atoms with van der Waals surface area (Å²) in [6.07, 6.45) is 1.42. The maximum absolute atomic E-state index is 13.5. The molecule has 2 amide bonds. The molecule has 0 saturated heterocycles. The highest BCUT2D eigenvalue weighted by Crippen LogP contribution is 2.25. The summed E-state index contributed by atoms with van der Waals surface area (Å²) in [6, 6.07) is 11.6. The first-order chi connectivity index (χ1) is 15.0. The van der Waals surface area contributed by atoms with Gasteiger partial charge in [-0.05, 0) is 43.5 Å². The second-order valence-electron chi connectivity index (χ2n) is 7.71. The summed E-state index contributed by atoms with van der Waals surface area (Å²) in [6.45, 7) is 5.15. The van der Waals surface area contributed by atoms with Gasteiger partial charge in [0.05, 0.1) is 11.9 Å². The van der Waals surface area contributed by atoms with Crippen LogP contribution >= 0.6 is 11.6 Å². The van der Waals surface area contributed by atoms with Crippen LogP contribution in [-0.4, -0.2) is 51.0 Å². The monoisotopic (exact) mass is 479 g/mol. The number of amides is 2. The average Bonchev–Trinajstić information content (AvgIpc) is 2.72. The van der Waals surface area contributed by atoms with Gasteiger partial charge in [-0.1, -0.05) is 54.4 Å². The molecular formula is C23H30ClN3O4S. The van der Waals surface area contributed by atoms with E-state index in [9.17, 15) is 18.0 Å². The number of benzene rings is 2. The minimum Gasteiger partial charge on any atom is -0.357 e. The Morgan fingerprint density at radius 2 is 1.78 bits per heavy atom. The molecule has 1 N–H and O–H groups in total. The number of likely N-dealkylation sites (N-methyl/N-ethyl adjacent to an activating group) is 1. The van der Waals surface area contributed by atoms with Gasteiger partial charge >= 0.3 is 0 Å². The van der Waals surface area contributed by atoms with Crippen molar-refractivity contribution in [1.82, 2.24) is 10.2 Å². The number of carbonyl (C=O) groups excluding carboxylic acids is 2. The molecule has 2 aromatic rings. The molecule has 0 aromatic heterocycles. The van der Waals surface area contributed by atoms with E-state index in [1.807, 2.05) is 13.0 Å². The van der Waals surface area contributed by atoms with Crippen molar-refractivity contribution in [2.45, 2.75) is 39.8 Å². The summed E-state index contributed by atoms with van der Waals surface area (Å²) in [5.41, 5.74) is 2.82. The molecule has 0 bridgehead atoms. The normalized spacial score (nSPS) is 12.2. The second kappa shape index (κ2) is 10.8. The summed E-state index contributed by atoms with van der Waals surface area (Å²) in [5, 5.41) is 3.05. The van der Waals surface area contributed by atoms with Crippen molar-refractivity contribution < 1.29 is 18.0 Å². The zero-order valence-corrected chi connectivity index (χ0v) is 20.6. The maximum atomic E-state index is 13.5. The number of anilines is 1. The molecule has 0 spiro atoms. The standard InChI is InChI=1S/C23H30ClN3O4S/c1-6-20(23(29)25-4)26(14-18-9-7-8-10-19(18)24)22(28)15-27(32(5,30)31)21-12-11-16(2)13-17(21)3/h7-13,20H,6,14-15H2,1-5H3,(H,25,29)/t20-/m1/s1. The van der Waals surface area contributed by atoms with Crippen LogP contribution in [0.2, 0.25) is 5.02 Å². The minimum absolute atomic E-state index is 0.0783. The summed E-state index contributed by atoms with van der Waals surface area (Å²) >= 11 is 6.30. The van der Waals surface area contributed by atoms with Crippen LogP contribution in [0, 0.1) is 13.8 Å². The number of hydrogen-bond donors (Lipinski definition) is 1. The Balaban J connectivity index is 2.48. The van der Waals surface area contributed by atoms with Crippen LogP contribution in [0.15, 0.2) is 42.5 Å². The molecule has 0 aliphatic carbocycles. The van der Waals surface area contributed by atoms with Crippen LogP contribution in [0.1, 0.15) is 30.0 Å². The van der Waals surface area contributed by atoms with E-state index in [-0.39, 0.29) is 12.5 Å². The Hall–Kier alpha value is -2.58. The van der Waals surface area contributed by atoms with Gasteiger partial charge < -0.3 is 10.2 Å². The van der Waals surface area contributed by atoms with E-state index < -0.39 is 28.5 Å². The molecule has 1 atom stereocenters. The molecule has 0 fully saturated rings. The third-order valence-electron chi connectivity index (χ3n) is 5.23. The molecule has 0 radical (unpaired) electrons. The zero-order valence-electron chi connectivity index (χ0n) is 19.1. The molecule has 2 aromatic carbocycles. The summed E-state index contributed by atoms with van der Waals surface area (Å²) < 4.78 is 26.3. The number of aryl methyl sites for hydroxylation is 2. The summed E-state index contributed by atoms with van der Waals surface area (Å²) in [4.78, 5) is 27.4. The molecule has 0 heterocycles. The Morgan fingerprint density at radius 3 is 2.31 bits per heavy atom. The quantitative estimate of drug-likeness (QED) is 0.598. The Kier molecular flexibility index (Phi) is 8.69. The Morgan fingerprint density at radius 1 is 1.12 bits per heavy atom.